The second kappa shape index (κ2) is 4.71. The third-order valence-corrected chi connectivity index (χ3v) is 4.09. The molecule has 0 aromatic rings. The van der Waals surface area contributed by atoms with Gasteiger partial charge in [-0.05, 0) is 44.9 Å². The second-order valence-corrected chi connectivity index (χ2v) is 5.85. The van der Waals surface area contributed by atoms with Crippen LogP contribution in [-0.4, -0.2) is 29.7 Å². The van der Waals surface area contributed by atoms with E-state index in [0.29, 0.717) is 11.8 Å². The topological polar surface area (TPSA) is 29.5 Å². The lowest BCUT2D eigenvalue weighted by molar-refractivity contribution is 0.0144. The Hall–Kier alpha value is -0.990. The van der Waals surface area contributed by atoms with Gasteiger partial charge in [-0.25, -0.2) is 4.79 Å². The maximum atomic E-state index is 12.0. The standard InChI is InChI=1S/C14H23NO2/c1-4-14(2,3)17-13(16)15-9-11-7-5-6-8-12(11)10-15/h5-6,11-12H,4,7-10H2,1-3H3. The molecule has 2 unspecified atom stereocenters. The first kappa shape index (κ1) is 12.5. The zero-order valence-corrected chi connectivity index (χ0v) is 11.1. The van der Waals surface area contributed by atoms with Crippen molar-refractivity contribution in [2.45, 2.75) is 45.6 Å². The van der Waals surface area contributed by atoms with Crippen LogP contribution in [0.15, 0.2) is 12.2 Å². The van der Waals surface area contributed by atoms with Crippen molar-refractivity contribution in [3.63, 3.8) is 0 Å². The molecule has 2 aliphatic rings. The molecule has 0 spiro atoms. The molecule has 0 N–H and O–H groups in total. The van der Waals surface area contributed by atoms with Crippen LogP contribution < -0.4 is 0 Å². The van der Waals surface area contributed by atoms with Gasteiger partial charge >= 0.3 is 6.09 Å². The minimum atomic E-state index is -0.344. The molecule has 3 nitrogen and oxygen atoms in total. The SMILES string of the molecule is CCC(C)(C)OC(=O)N1CC2CC=CCC2C1. The van der Waals surface area contributed by atoms with Gasteiger partial charge in [0, 0.05) is 13.1 Å². The van der Waals surface area contributed by atoms with Crippen molar-refractivity contribution in [2.24, 2.45) is 11.8 Å². The third kappa shape index (κ3) is 2.82. The Morgan fingerprint density at radius 1 is 1.29 bits per heavy atom. The Morgan fingerprint density at radius 3 is 2.29 bits per heavy atom. The molecule has 0 saturated carbocycles. The zero-order valence-electron chi connectivity index (χ0n) is 11.1. The molecular formula is C14H23NO2. The second-order valence-electron chi connectivity index (χ2n) is 5.85. The minimum Gasteiger partial charge on any atom is -0.443 e. The number of hydrogen-bond donors (Lipinski definition) is 0. The van der Waals surface area contributed by atoms with Crippen LogP contribution in [0.5, 0.6) is 0 Å². The maximum absolute atomic E-state index is 12.0. The van der Waals surface area contributed by atoms with E-state index in [9.17, 15) is 4.79 Å². The molecule has 0 aromatic carbocycles. The van der Waals surface area contributed by atoms with Gasteiger partial charge in [0.25, 0.3) is 0 Å². The van der Waals surface area contributed by atoms with Gasteiger partial charge in [0.15, 0.2) is 0 Å². The summed E-state index contributed by atoms with van der Waals surface area (Å²) in [7, 11) is 0. The first-order chi connectivity index (χ1) is 8.02. The molecule has 17 heavy (non-hydrogen) atoms. The number of carbonyl (C=O) groups excluding carboxylic acids is 1. The molecular weight excluding hydrogens is 214 g/mol. The molecule has 96 valence electrons. The van der Waals surface area contributed by atoms with Crippen LogP contribution in [0, 0.1) is 11.8 Å². The summed E-state index contributed by atoms with van der Waals surface area (Å²) < 4.78 is 5.54. The number of nitrogens with zero attached hydrogens (tertiary/aromatic N) is 1. The zero-order chi connectivity index (χ0) is 12.5. The molecule has 0 bridgehead atoms. The van der Waals surface area contributed by atoms with Crippen LogP contribution in [0.4, 0.5) is 4.79 Å². The Balaban J connectivity index is 1.90. The molecule has 1 aliphatic heterocycles. The van der Waals surface area contributed by atoms with Gasteiger partial charge in [-0.15, -0.1) is 0 Å². The summed E-state index contributed by atoms with van der Waals surface area (Å²) >= 11 is 0. The van der Waals surface area contributed by atoms with Crippen molar-refractivity contribution in [3.05, 3.63) is 12.2 Å². The number of carbonyl (C=O) groups is 1. The maximum Gasteiger partial charge on any atom is 0.410 e. The van der Waals surface area contributed by atoms with Crippen LogP contribution in [0.3, 0.4) is 0 Å². The predicted octanol–water partition coefficient (Wildman–Crippen LogP) is 3.21. The normalized spacial score (nSPS) is 28.1. The summed E-state index contributed by atoms with van der Waals surface area (Å²) in [6.45, 7) is 7.72. The molecule has 0 radical (unpaired) electrons. The lowest BCUT2D eigenvalue weighted by atomic mass is 9.86. The molecule has 0 aromatic heterocycles. The number of fused-ring (bicyclic) bond motifs is 1. The summed E-state index contributed by atoms with van der Waals surface area (Å²) in [6.07, 6.45) is 7.43. The van der Waals surface area contributed by atoms with Crippen molar-refractivity contribution in [3.8, 4) is 0 Å². The average Bonchev–Trinajstić information content (AvgIpc) is 2.72. The molecule has 2 atom stereocenters. The van der Waals surface area contributed by atoms with Crippen LogP contribution in [0.25, 0.3) is 0 Å². The fourth-order valence-electron chi connectivity index (χ4n) is 2.54. The van der Waals surface area contributed by atoms with Crippen LogP contribution in [0.2, 0.25) is 0 Å². The van der Waals surface area contributed by atoms with E-state index in [-0.39, 0.29) is 11.7 Å². The van der Waals surface area contributed by atoms with Crippen LogP contribution >= 0.6 is 0 Å². The first-order valence-electron chi connectivity index (χ1n) is 6.65. The molecule has 2 rings (SSSR count). The van der Waals surface area contributed by atoms with E-state index in [2.05, 4.69) is 12.2 Å². The lowest BCUT2D eigenvalue weighted by Gasteiger charge is -2.27. The fraction of sp³-hybridized carbons (Fsp3) is 0.786. The average molecular weight is 237 g/mol. The highest BCUT2D eigenvalue weighted by Crippen LogP contribution is 2.33. The van der Waals surface area contributed by atoms with Crippen molar-refractivity contribution in [1.82, 2.24) is 4.90 Å². The van der Waals surface area contributed by atoms with E-state index in [4.69, 9.17) is 4.74 Å². The van der Waals surface area contributed by atoms with E-state index >= 15 is 0 Å². The first-order valence-corrected chi connectivity index (χ1v) is 6.65. The van der Waals surface area contributed by atoms with Crippen molar-refractivity contribution < 1.29 is 9.53 Å². The summed E-state index contributed by atoms with van der Waals surface area (Å²) in [6, 6.07) is 0. The predicted molar refractivity (Wildman–Crippen MR) is 67.8 cm³/mol. The molecule has 1 aliphatic carbocycles. The molecule has 1 fully saturated rings. The molecule has 1 saturated heterocycles. The number of ether oxygens (including phenoxy) is 1. The fourth-order valence-corrected chi connectivity index (χ4v) is 2.54. The number of hydrogen-bond acceptors (Lipinski definition) is 2. The van der Waals surface area contributed by atoms with Crippen molar-refractivity contribution in [2.75, 3.05) is 13.1 Å². The number of rotatable bonds is 2. The molecule has 1 heterocycles. The summed E-state index contributed by atoms with van der Waals surface area (Å²) in [5.41, 5.74) is -0.344. The van der Waals surface area contributed by atoms with Gasteiger partial charge in [0.1, 0.15) is 5.60 Å². The van der Waals surface area contributed by atoms with Gasteiger partial charge in [0.05, 0.1) is 0 Å². The molecule has 1 amide bonds. The van der Waals surface area contributed by atoms with Gasteiger partial charge in [-0.3, -0.25) is 0 Å². The van der Waals surface area contributed by atoms with Crippen LogP contribution in [0.1, 0.15) is 40.0 Å². The van der Waals surface area contributed by atoms with Crippen molar-refractivity contribution in [1.29, 1.82) is 0 Å². The minimum absolute atomic E-state index is 0.133. The summed E-state index contributed by atoms with van der Waals surface area (Å²) in [5.74, 6) is 1.30. The Morgan fingerprint density at radius 2 is 1.82 bits per heavy atom. The van der Waals surface area contributed by atoms with E-state index in [1.807, 2.05) is 25.7 Å². The molecule has 3 heteroatoms. The Kier molecular flexibility index (Phi) is 3.45. The number of allylic oxidation sites excluding steroid dienone is 2. The van der Waals surface area contributed by atoms with Gasteiger partial charge in [-0.2, -0.15) is 0 Å². The Bertz CT molecular complexity index is 306. The van der Waals surface area contributed by atoms with E-state index in [1.54, 1.807) is 0 Å². The number of likely N-dealkylation sites (tertiary alicyclic amines) is 1. The van der Waals surface area contributed by atoms with E-state index in [1.165, 1.54) is 0 Å². The van der Waals surface area contributed by atoms with E-state index in [0.717, 1.165) is 32.4 Å². The van der Waals surface area contributed by atoms with Crippen LogP contribution in [-0.2, 0) is 4.74 Å². The van der Waals surface area contributed by atoms with E-state index < -0.39 is 0 Å². The quantitative estimate of drug-likeness (QED) is 0.690. The van der Waals surface area contributed by atoms with Crippen molar-refractivity contribution >= 4 is 6.09 Å². The lowest BCUT2D eigenvalue weighted by Crippen LogP contribution is -2.36. The monoisotopic (exact) mass is 237 g/mol. The van der Waals surface area contributed by atoms with Gasteiger partial charge in [0.2, 0.25) is 0 Å². The van der Waals surface area contributed by atoms with Gasteiger partial charge in [-0.1, -0.05) is 19.1 Å². The highest BCUT2D eigenvalue weighted by atomic mass is 16.6. The Labute approximate surface area is 104 Å². The largest absolute Gasteiger partial charge is 0.443 e. The van der Waals surface area contributed by atoms with Gasteiger partial charge < -0.3 is 9.64 Å². The highest BCUT2D eigenvalue weighted by molar-refractivity contribution is 5.68. The number of amides is 1. The summed E-state index contributed by atoms with van der Waals surface area (Å²) in [5, 5.41) is 0. The highest BCUT2D eigenvalue weighted by Gasteiger charge is 2.37. The third-order valence-electron chi connectivity index (χ3n) is 4.09. The summed E-state index contributed by atoms with van der Waals surface area (Å²) in [4.78, 5) is 13.9. The smallest absolute Gasteiger partial charge is 0.410 e.